The fraction of sp³-hybridized carbons (Fsp3) is 0.867. The molecule has 21 heavy (non-hydrogen) atoms. The highest BCUT2D eigenvalue weighted by Crippen LogP contribution is 2.10. The second-order valence-corrected chi connectivity index (χ2v) is 6.50. The van der Waals surface area contributed by atoms with Crippen molar-refractivity contribution in [1.82, 2.24) is 20.9 Å². The molecule has 122 valence electrons. The molecule has 0 spiro atoms. The van der Waals surface area contributed by atoms with E-state index in [-0.39, 0.29) is 11.4 Å². The summed E-state index contributed by atoms with van der Waals surface area (Å²) in [4.78, 5) is 17.8. The van der Waals surface area contributed by atoms with Crippen LogP contribution in [0, 0.1) is 0 Å². The van der Waals surface area contributed by atoms with Crippen molar-refractivity contribution in [2.45, 2.75) is 52.1 Å². The third-order valence-corrected chi connectivity index (χ3v) is 3.48. The van der Waals surface area contributed by atoms with Crippen molar-refractivity contribution in [3.05, 3.63) is 0 Å². The molecule has 1 aliphatic rings. The molecule has 0 aromatic carbocycles. The van der Waals surface area contributed by atoms with E-state index in [1.807, 2.05) is 11.8 Å². The van der Waals surface area contributed by atoms with Gasteiger partial charge in [-0.3, -0.25) is 9.79 Å². The minimum atomic E-state index is 0.130. The van der Waals surface area contributed by atoms with Gasteiger partial charge in [-0.25, -0.2) is 0 Å². The fourth-order valence-electron chi connectivity index (χ4n) is 2.33. The SMILES string of the molecule is CCC(=O)N1CCC(NC(=NC)NCCNC(C)(C)C)C1. The molecule has 1 aliphatic heterocycles. The molecule has 1 atom stereocenters. The van der Waals surface area contributed by atoms with E-state index in [4.69, 9.17) is 0 Å². The van der Waals surface area contributed by atoms with E-state index in [1.165, 1.54) is 0 Å². The van der Waals surface area contributed by atoms with Gasteiger partial charge in [0.05, 0.1) is 0 Å². The smallest absolute Gasteiger partial charge is 0.222 e. The Labute approximate surface area is 128 Å². The summed E-state index contributed by atoms with van der Waals surface area (Å²) < 4.78 is 0. The van der Waals surface area contributed by atoms with Crippen molar-refractivity contribution < 1.29 is 4.79 Å². The molecular weight excluding hydrogens is 266 g/mol. The summed E-state index contributed by atoms with van der Waals surface area (Å²) in [5, 5.41) is 10.1. The van der Waals surface area contributed by atoms with Gasteiger partial charge in [0.25, 0.3) is 0 Å². The van der Waals surface area contributed by atoms with Crippen LogP contribution in [0.4, 0.5) is 0 Å². The van der Waals surface area contributed by atoms with E-state index in [2.05, 4.69) is 41.7 Å². The first-order valence-electron chi connectivity index (χ1n) is 7.85. The highest BCUT2D eigenvalue weighted by Gasteiger charge is 2.25. The van der Waals surface area contributed by atoms with Crippen LogP contribution in [0.15, 0.2) is 4.99 Å². The number of likely N-dealkylation sites (tertiary alicyclic amines) is 1. The maximum absolute atomic E-state index is 11.7. The van der Waals surface area contributed by atoms with Crippen LogP contribution in [-0.2, 0) is 4.79 Å². The molecule has 1 heterocycles. The van der Waals surface area contributed by atoms with Crippen LogP contribution in [0.3, 0.4) is 0 Å². The van der Waals surface area contributed by atoms with Crippen LogP contribution in [0.2, 0.25) is 0 Å². The zero-order valence-electron chi connectivity index (χ0n) is 14.1. The van der Waals surface area contributed by atoms with Gasteiger partial charge in [-0.2, -0.15) is 0 Å². The Morgan fingerprint density at radius 1 is 1.33 bits per heavy atom. The zero-order chi connectivity index (χ0) is 15.9. The number of amides is 1. The second kappa shape index (κ2) is 8.22. The van der Waals surface area contributed by atoms with Crippen LogP contribution < -0.4 is 16.0 Å². The average molecular weight is 297 g/mol. The van der Waals surface area contributed by atoms with Crippen molar-refractivity contribution in [1.29, 1.82) is 0 Å². The van der Waals surface area contributed by atoms with Crippen molar-refractivity contribution >= 4 is 11.9 Å². The molecule has 1 saturated heterocycles. The number of carbonyl (C=O) groups excluding carboxylic acids is 1. The summed E-state index contributed by atoms with van der Waals surface area (Å²) in [7, 11) is 1.77. The lowest BCUT2D eigenvalue weighted by molar-refractivity contribution is -0.129. The Bertz CT molecular complexity index is 362. The number of rotatable bonds is 5. The van der Waals surface area contributed by atoms with Crippen molar-refractivity contribution in [2.75, 3.05) is 33.2 Å². The molecular formula is C15H31N5O. The van der Waals surface area contributed by atoms with Crippen molar-refractivity contribution in [3.63, 3.8) is 0 Å². The Morgan fingerprint density at radius 2 is 2.05 bits per heavy atom. The number of hydrogen-bond donors (Lipinski definition) is 3. The molecule has 3 N–H and O–H groups in total. The van der Waals surface area contributed by atoms with Gasteiger partial charge in [0.2, 0.25) is 5.91 Å². The standard InChI is InChI=1S/C15H31N5O/c1-6-13(21)20-10-7-12(11-20)19-14(16-5)17-8-9-18-15(2,3)4/h12,18H,6-11H2,1-5H3,(H2,16,17,19). The lowest BCUT2D eigenvalue weighted by atomic mass is 10.1. The Balaban J connectivity index is 2.28. The van der Waals surface area contributed by atoms with Crippen LogP contribution in [0.25, 0.3) is 0 Å². The monoisotopic (exact) mass is 297 g/mol. The van der Waals surface area contributed by atoms with Crippen molar-refractivity contribution in [2.24, 2.45) is 4.99 Å². The zero-order valence-corrected chi connectivity index (χ0v) is 14.1. The Morgan fingerprint density at radius 3 is 2.62 bits per heavy atom. The van der Waals surface area contributed by atoms with Gasteiger partial charge in [0, 0.05) is 51.2 Å². The summed E-state index contributed by atoms with van der Waals surface area (Å²) in [6, 6.07) is 0.294. The highest BCUT2D eigenvalue weighted by molar-refractivity contribution is 5.80. The van der Waals surface area contributed by atoms with Gasteiger partial charge < -0.3 is 20.9 Å². The largest absolute Gasteiger partial charge is 0.355 e. The molecule has 0 aromatic rings. The summed E-state index contributed by atoms with van der Waals surface area (Å²) in [6.07, 6.45) is 1.56. The lowest BCUT2D eigenvalue weighted by Gasteiger charge is -2.22. The van der Waals surface area contributed by atoms with E-state index in [9.17, 15) is 4.79 Å². The molecule has 0 saturated carbocycles. The molecule has 1 amide bonds. The quantitative estimate of drug-likeness (QED) is 0.394. The van der Waals surface area contributed by atoms with Gasteiger partial charge in [-0.05, 0) is 27.2 Å². The fourth-order valence-corrected chi connectivity index (χ4v) is 2.33. The summed E-state index contributed by atoms with van der Waals surface area (Å²) in [6.45, 7) is 11.7. The third-order valence-electron chi connectivity index (χ3n) is 3.48. The van der Waals surface area contributed by atoms with Crippen LogP contribution in [0.1, 0.15) is 40.5 Å². The van der Waals surface area contributed by atoms with E-state index < -0.39 is 0 Å². The van der Waals surface area contributed by atoms with Crippen molar-refractivity contribution in [3.8, 4) is 0 Å². The number of nitrogens with one attached hydrogen (secondary N) is 3. The maximum Gasteiger partial charge on any atom is 0.222 e. The number of aliphatic imine (C=N–C) groups is 1. The third kappa shape index (κ3) is 6.80. The number of guanidine groups is 1. The summed E-state index contributed by atoms with van der Waals surface area (Å²) in [5.74, 6) is 1.04. The topological polar surface area (TPSA) is 68.8 Å². The van der Waals surface area contributed by atoms with Gasteiger partial charge in [-0.15, -0.1) is 0 Å². The predicted molar refractivity (Wildman–Crippen MR) is 87.5 cm³/mol. The molecule has 0 aromatic heterocycles. The van der Waals surface area contributed by atoms with E-state index >= 15 is 0 Å². The molecule has 0 aliphatic carbocycles. The second-order valence-electron chi connectivity index (χ2n) is 6.50. The molecule has 1 fully saturated rings. The van der Waals surface area contributed by atoms with E-state index in [0.29, 0.717) is 12.5 Å². The van der Waals surface area contributed by atoms with Gasteiger partial charge in [0.15, 0.2) is 5.96 Å². The Hall–Kier alpha value is -1.30. The minimum absolute atomic E-state index is 0.130. The Kier molecular flexibility index (Phi) is 6.95. The number of hydrogen-bond acceptors (Lipinski definition) is 3. The lowest BCUT2D eigenvalue weighted by Crippen LogP contribution is -2.48. The number of nitrogens with zero attached hydrogens (tertiary/aromatic N) is 2. The van der Waals surface area contributed by atoms with Gasteiger partial charge in [-0.1, -0.05) is 6.92 Å². The molecule has 6 nitrogen and oxygen atoms in total. The minimum Gasteiger partial charge on any atom is -0.355 e. The van der Waals surface area contributed by atoms with Crippen LogP contribution in [-0.4, -0.2) is 61.6 Å². The molecule has 1 unspecified atom stereocenters. The van der Waals surface area contributed by atoms with Crippen LogP contribution in [0.5, 0.6) is 0 Å². The average Bonchev–Trinajstić information content (AvgIpc) is 2.88. The highest BCUT2D eigenvalue weighted by atomic mass is 16.2. The van der Waals surface area contributed by atoms with Gasteiger partial charge in [0.1, 0.15) is 0 Å². The summed E-state index contributed by atoms with van der Waals surface area (Å²) in [5.41, 5.74) is 0.130. The first-order chi connectivity index (χ1) is 9.85. The molecule has 0 radical (unpaired) electrons. The van der Waals surface area contributed by atoms with E-state index in [0.717, 1.165) is 38.6 Å². The first kappa shape index (κ1) is 17.8. The molecule has 0 bridgehead atoms. The predicted octanol–water partition coefficient (Wildman–Crippen LogP) is 0.550. The van der Waals surface area contributed by atoms with E-state index in [1.54, 1.807) is 7.05 Å². The first-order valence-corrected chi connectivity index (χ1v) is 7.85. The molecule has 6 heteroatoms. The summed E-state index contributed by atoms with van der Waals surface area (Å²) >= 11 is 0. The number of carbonyl (C=O) groups is 1. The normalized spacial score (nSPS) is 19.8. The molecule has 1 rings (SSSR count). The van der Waals surface area contributed by atoms with Crippen LogP contribution >= 0.6 is 0 Å². The maximum atomic E-state index is 11.7. The van der Waals surface area contributed by atoms with Gasteiger partial charge >= 0.3 is 0 Å².